The number of hydrogen-bond acceptors (Lipinski definition) is 5. The number of likely N-dealkylation sites (tertiary alicyclic amines) is 1. The Kier molecular flexibility index (Phi) is 6.78. The molecule has 2 heterocycles. The van der Waals surface area contributed by atoms with E-state index in [0.29, 0.717) is 19.0 Å². The molecule has 180 valence electrons. The second kappa shape index (κ2) is 9.61. The molecule has 1 aliphatic heterocycles. The van der Waals surface area contributed by atoms with Crippen LogP contribution in [0.15, 0.2) is 42.5 Å². The molecule has 6 nitrogen and oxygen atoms in total. The number of piperidine rings is 1. The zero-order chi connectivity index (χ0) is 24.5. The van der Waals surface area contributed by atoms with Crippen LogP contribution in [0.1, 0.15) is 75.0 Å². The van der Waals surface area contributed by atoms with Crippen molar-refractivity contribution in [1.82, 2.24) is 14.9 Å². The lowest BCUT2D eigenvalue weighted by molar-refractivity contribution is 0.0205. The van der Waals surface area contributed by atoms with E-state index in [0.717, 1.165) is 35.4 Å². The molecule has 1 fully saturated rings. The highest BCUT2D eigenvalue weighted by atomic mass is 16.6. The fraction of sp³-hybridized carbons (Fsp3) is 0.464. The van der Waals surface area contributed by atoms with Crippen LogP contribution in [0.5, 0.6) is 0 Å². The highest BCUT2D eigenvalue weighted by Crippen LogP contribution is 2.33. The van der Waals surface area contributed by atoms with Gasteiger partial charge in [0.25, 0.3) is 0 Å². The minimum absolute atomic E-state index is 0.123. The Bertz CT molecular complexity index is 1180. The summed E-state index contributed by atoms with van der Waals surface area (Å²) in [5, 5.41) is 4.66. The van der Waals surface area contributed by atoms with Gasteiger partial charge in [-0.3, -0.25) is 0 Å². The molecule has 0 radical (unpaired) electrons. The van der Waals surface area contributed by atoms with Crippen molar-refractivity contribution >= 4 is 22.8 Å². The molecule has 1 aliphatic rings. The van der Waals surface area contributed by atoms with Gasteiger partial charge >= 0.3 is 6.09 Å². The minimum Gasteiger partial charge on any atom is -0.444 e. The van der Waals surface area contributed by atoms with Crippen molar-refractivity contribution in [3.63, 3.8) is 0 Å². The fourth-order valence-corrected chi connectivity index (χ4v) is 4.58. The number of amides is 1. The number of benzene rings is 2. The molecular formula is C28H36N4O2. The SMILES string of the molecule is Cc1cccc([C@@H](C)Nc2nc(C)nc3ccc(C4CCN(C(=O)OC(C)(C)C)CC4)cc23)c1. The fourth-order valence-electron chi connectivity index (χ4n) is 4.58. The Labute approximate surface area is 202 Å². The average molecular weight is 461 g/mol. The minimum atomic E-state index is -0.469. The van der Waals surface area contributed by atoms with Gasteiger partial charge in [0.15, 0.2) is 0 Å². The zero-order valence-corrected chi connectivity index (χ0v) is 21.2. The number of fused-ring (bicyclic) bond motifs is 1. The molecule has 1 atom stereocenters. The lowest BCUT2D eigenvalue weighted by Crippen LogP contribution is -2.41. The van der Waals surface area contributed by atoms with Crippen LogP contribution in [0, 0.1) is 13.8 Å². The first kappa shape index (κ1) is 24.0. The van der Waals surface area contributed by atoms with E-state index in [-0.39, 0.29) is 12.1 Å². The van der Waals surface area contributed by atoms with Gasteiger partial charge in [0.2, 0.25) is 0 Å². The van der Waals surface area contributed by atoms with E-state index in [2.05, 4.69) is 66.6 Å². The number of ether oxygens (including phenoxy) is 1. The van der Waals surface area contributed by atoms with Crippen molar-refractivity contribution in [1.29, 1.82) is 0 Å². The summed E-state index contributed by atoms with van der Waals surface area (Å²) in [5.41, 5.74) is 4.23. The number of aromatic nitrogens is 2. The Morgan fingerprint density at radius 2 is 1.82 bits per heavy atom. The third-order valence-corrected chi connectivity index (χ3v) is 6.35. The van der Waals surface area contributed by atoms with Gasteiger partial charge in [-0.2, -0.15) is 0 Å². The normalized spacial score (nSPS) is 15.9. The van der Waals surface area contributed by atoms with Crippen molar-refractivity contribution in [3.8, 4) is 0 Å². The van der Waals surface area contributed by atoms with Gasteiger partial charge in [0.05, 0.1) is 5.52 Å². The van der Waals surface area contributed by atoms with Gasteiger partial charge in [0.1, 0.15) is 17.2 Å². The summed E-state index contributed by atoms with van der Waals surface area (Å²) in [6.07, 6.45) is 1.62. The number of aryl methyl sites for hydroxylation is 2. The summed E-state index contributed by atoms with van der Waals surface area (Å²) >= 11 is 0. The highest BCUT2D eigenvalue weighted by molar-refractivity contribution is 5.90. The van der Waals surface area contributed by atoms with Crippen LogP contribution in [0.3, 0.4) is 0 Å². The number of nitrogens with one attached hydrogen (secondary N) is 1. The van der Waals surface area contributed by atoms with Gasteiger partial charge in [-0.05, 0) is 83.6 Å². The van der Waals surface area contributed by atoms with Gasteiger partial charge in [-0.1, -0.05) is 35.9 Å². The standard InChI is InChI=1S/C28H36N4O2/c1-18-8-7-9-22(16-18)19(2)29-26-24-17-23(10-11-25(24)30-20(3)31-26)21-12-14-32(15-13-21)27(33)34-28(4,5)6/h7-11,16-17,19,21H,12-15H2,1-6H3,(H,29,30,31)/t19-/m1/s1. The smallest absolute Gasteiger partial charge is 0.410 e. The van der Waals surface area contributed by atoms with Crippen LogP contribution < -0.4 is 5.32 Å². The monoisotopic (exact) mass is 460 g/mol. The van der Waals surface area contributed by atoms with Crippen molar-refractivity contribution in [2.45, 2.75) is 71.9 Å². The van der Waals surface area contributed by atoms with Crippen molar-refractivity contribution < 1.29 is 9.53 Å². The third kappa shape index (κ3) is 5.66. The van der Waals surface area contributed by atoms with Crippen LogP contribution in [-0.4, -0.2) is 39.7 Å². The van der Waals surface area contributed by atoms with Gasteiger partial charge in [-0.15, -0.1) is 0 Å². The molecule has 1 amide bonds. The van der Waals surface area contributed by atoms with Crippen molar-refractivity contribution in [2.75, 3.05) is 18.4 Å². The number of carbonyl (C=O) groups excluding carboxylic acids is 1. The predicted molar refractivity (Wildman–Crippen MR) is 137 cm³/mol. The van der Waals surface area contributed by atoms with E-state index in [1.807, 2.05) is 32.6 Å². The number of rotatable bonds is 4. The molecule has 0 saturated carbocycles. The first-order chi connectivity index (χ1) is 16.1. The number of anilines is 1. The maximum Gasteiger partial charge on any atom is 0.410 e. The lowest BCUT2D eigenvalue weighted by atomic mass is 9.89. The summed E-state index contributed by atoms with van der Waals surface area (Å²) in [5.74, 6) is 2.01. The molecule has 3 aromatic rings. The Morgan fingerprint density at radius 3 is 2.50 bits per heavy atom. The number of nitrogens with zero attached hydrogens (tertiary/aromatic N) is 3. The van der Waals surface area contributed by atoms with Gasteiger partial charge in [0, 0.05) is 24.5 Å². The Balaban J connectivity index is 1.53. The summed E-state index contributed by atoms with van der Waals surface area (Å²) in [6.45, 7) is 13.3. The lowest BCUT2D eigenvalue weighted by Gasteiger charge is -2.33. The van der Waals surface area contributed by atoms with Gasteiger partial charge < -0.3 is 15.0 Å². The molecule has 1 N–H and O–H groups in total. The quantitative estimate of drug-likeness (QED) is 0.479. The maximum atomic E-state index is 12.4. The molecular weight excluding hydrogens is 424 g/mol. The molecule has 0 unspecified atom stereocenters. The van der Waals surface area contributed by atoms with E-state index < -0.39 is 5.60 Å². The molecule has 6 heteroatoms. The van der Waals surface area contributed by atoms with Crippen molar-refractivity contribution in [2.24, 2.45) is 0 Å². The zero-order valence-electron chi connectivity index (χ0n) is 21.2. The molecule has 2 aromatic carbocycles. The molecule has 4 rings (SSSR count). The molecule has 1 aromatic heterocycles. The highest BCUT2D eigenvalue weighted by Gasteiger charge is 2.27. The Morgan fingerprint density at radius 1 is 1.09 bits per heavy atom. The van der Waals surface area contributed by atoms with Crippen LogP contribution in [-0.2, 0) is 4.74 Å². The largest absolute Gasteiger partial charge is 0.444 e. The summed E-state index contributed by atoms with van der Waals surface area (Å²) < 4.78 is 5.55. The van der Waals surface area contributed by atoms with Gasteiger partial charge in [-0.25, -0.2) is 14.8 Å². The average Bonchev–Trinajstić information content (AvgIpc) is 2.78. The predicted octanol–water partition coefficient (Wildman–Crippen LogP) is 6.53. The first-order valence-electron chi connectivity index (χ1n) is 12.2. The Hall–Kier alpha value is -3.15. The molecule has 0 spiro atoms. The molecule has 0 aliphatic carbocycles. The summed E-state index contributed by atoms with van der Waals surface area (Å²) in [6, 6.07) is 15.2. The number of hydrogen-bond donors (Lipinski definition) is 1. The topological polar surface area (TPSA) is 67.4 Å². The molecule has 1 saturated heterocycles. The van der Waals surface area contributed by atoms with E-state index >= 15 is 0 Å². The second-order valence-electron chi connectivity index (χ2n) is 10.4. The van der Waals surface area contributed by atoms with Crippen LogP contribution in [0.2, 0.25) is 0 Å². The van der Waals surface area contributed by atoms with E-state index in [1.165, 1.54) is 16.7 Å². The molecule has 34 heavy (non-hydrogen) atoms. The van der Waals surface area contributed by atoms with E-state index in [1.54, 1.807) is 0 Å². The first-order valence-corrected chi connectivity index (χ1v) is 12.2. The van der Waals surface area contributed by atoms with E-state index in [4.69, 9.17) is 9.72 Å². The molecule has 0 bridgehead atoms. The third-order valence-electron chi connectivity index (χ3n) is 6.35. The summed E-state index contributed by atoms with van der Waals surface area (Å²) in [4.78, 5) is 23.7. The van der Waals surface area contributed by atoms with Crippen molar-refractivity contribution in [3.05, 3.63) is 65.0 Å². The van der Waals surface area contributed by atoms with E-state index in [9.17, 15) is 4.79 Å². The van der Waals surface area contributed by atoms with Crippen LogP contribution in [0.4, 0.5) is 10.6 Å². The second-order valence-corrected chi connectivity index (χ2v) is 10.4. The number of carbonyl (C=O) groups is 1. The van der Waals surface area contributed by atoms with Crippen LogP contribution >= 0.6 is 0 Å². The maximum absolute atomic E-state index is 12.4. The van der Waals surface area contributed by atoms with Crippen LogP contribution in [0.25, 0.3) is 10.9 Å². The summed E-state index contributed by atoms with van der Waals surface area (Å²) in [7, 11) is 0.